The Hall–Kier alpha value is -1.81. The Balaban J connectivity index is 3.82. The monoisotopic (exact) mass is 927 g/mol. The topological polar surface area (TPSA) is 149 Å². The van der Waals surface area contributed by atoms with Gasteiger partial charge in [-0.15, -0.1) is 0 Å². The maximum absolute atomic E-state index is 12.4. The van der Waals surface area contributed by atoms with Gasteiger partial charge >= 0.3 is 19.8 Å². The van der Waals surface area contributed by atoms with Gasteiger partial charge in [0.25, 0.3) is 0 Å². The van der Waals surface area contributed by atoms with E-state index in [1.165, 1.54) is 161 Å². The van der Waals surface area contributed by atoms with Gasteiger partial charge in [0.15, 0.2) is 0 Å². The van der Waals surface area contributed by atoms with Crippen LogP contribution in [0.15, 0.2) is 36.5 Å². The number of hydrogen-bond donors (Lipinski definition) is 3. The first-order chi connectivity index (χ1) is 31.3. The first-order valence-corrected chi connectivity index (χ1v) is 27.9. The lowest BCUT2D eigenvalue weighted by Gasteiger charge is -2.20. The van der Waals surface area contributed by atoms with Crippen LogP contribution in [0.1, 0.15) is 251 Å². The van der Waals surface area contributed by atoms with Gasteiger partial charge in [-0.25, -0.2) is 4.57 Å². The first kappa shape index (κ1) is 62.2. The summed E-state index contributed by atoms with van der Waals surface area (Å²) in [4.78, 5) is 34.7. The van der Waals surface area contributed by atoms with Crippen molar-refractivity contribution in [2.75, 3.05) is 26.4 Å². The zero-order valence-corrected chi connectivity index (χ0v) is 42.2. The number of allylic oxidation sites excluding steroid dienone is 6. The number of aliphatic hydroxyl groups excluding tert-OH is 2. The molecule has 3 N–H and O–H groups in total. The summed E-state index contributed by atoms with van der Waals surface area (Å²) in [6, 6.07) is 0. The Morgan fingerprint density at radius 3 is 1.00 bits per heavy atom. The normalized spacial score (nSPS) is 13.9. The molecule has 0 bridgehead atoms. The second kappa shape index (κ2) is 49.1. The largest absolute Gasteiger partial charge is 0.472 e. The van der Waals surface area contributed by atoms with Crippen LogP contribution < -0.4 is 0 Å². The minimum Gasteiger partial charge on any atom is -0.457 e. The van der Waals surface area contributed by atoms with Crippen LogP contribution in [0.2, 0.25) is 0 Å². The Morgan fingerprint density at radius 2 is 0.688 bits per heavy atom. The van der Waals surface area contributed by atoms with Crippen molar-refractivity contribution in [1.82, 2.24) is 0 Å². The van der Waals surface area contributed by atoms with Crippen molar-refractivity contribution in [2.24, 2.45) is 0 Å². The molecule has 0 aromatic heterocycles. The second-order valence-electron chi connectivity index (χ2n) is 17.9. The van der Waals surface area contributed by atoms with E-state index in [1.807, 2.05) is 0 Å². The van der Waals surface area contributed by atoms with E-state index < -0.39 is 58.4 Å². The summed E-state index contributed by atoms with van der Waals surface area (Å²) in [6.45, 7) is 2.22. The highest BCUT2D eigenvalue weighted by molar-refractivity contribution is 7.47. The quantitative estimate of drug-likeness (QED) is 0.0233. The fourth-order valence-electron chi connectivity index (χ4n) is 7.49. The maximum atomic E-state index is 12.4. The average Bonchev–Trinajstić information content (AvgIpc) is 3.29. The fourth-order valence-corrected chi connectivity index (χ4v) is 8.28. The predicted molar refractivity (Wildman–Crippen MR) is 265 cm³/mol. The molecule has 10 nitrogen and oxygen atoms in total. The molecule has 0 rings (SSSR count). The van der Waals surface area contributed by atoms with Crippen molar-refractivity contribution in [2.45, 2.75) is 264 Å². The molecule has 11 heteroatoms. The minimum absolute atomic E-state index is 0.184. The Kier molecular flexibility index (Phi) is 47.7. The summed E-state index contributed by atoms with van der Waals surface area (Å²) in [7, 11) is -4.64. The minimum atomic E-state index is -4.64. The second-order valence-corrected chi connectivity index (χ2v) is 19.3. The molecule has 0 fully saturated rings. The Labute approximate surface area is 392 Å². The van der Waals surface area contributed by atoms with Crippen molar-refractivity contribution in [3.8, 4) is 0 Å². The van der Waals surface area contributed by atoms with E-state index in [1.54, 1.807) is 0 Å². The van der Waals surface area contributed by atoms with Gasteiger partial charge in [0, 0.05) is 12.8 Å². The van der Waals surface area contributed by atoms with Crippen molar-refractivity contribution < 1.29 is 47.8 Å². The van der Waals surface area contributed by atoms with Gasteiger partial charge in [0.1, 0.15) is 12.2 Å². The van der Waals surface area contributed by atoms with Crippen LogP contribution in [0, 0.1) is 0 Å². The average molecular weight is 927 g/mol. The third-order valence-corrected chi connectivity index (χ3v) is 12.5. The molecule has 3 atom stereocenters. The van der Waals surface area contributed by atoms with Crippen LogP contribution >= 0.6 is 7.82 Å². The number of aliphatic hydroxyl groups is 2. The number of ether oxygens (including phenoxy) is 2. The summed E-state index contributed by atoms with van der Waals surface area (Å²) >= 11 is 0. The third kappa shape index (κ3) is 46.7. The van der Waals surface area contributed by atoms with Crippen molar-refractivity contribution >= 4 is 19.8 Å². The summed E-state index contributed by atoms with van der Waals surface area (Å²) in [6.07, 6.45) is 54.0. The number of carbonyl (C=O) groups is 2. The van der Waals surface area contributed by atoms with Crippen LogP contribution in [0.3, 0.4) is 0 Å². The van der Waals surface area contributed by atoms with E-state index >= 15 is 0 Å². The van der Waals surface area contributed by atoms with E-state index in [4.69, 9.17) is 18.5 Å². The number of phosphoric ester groups is 1. The van der Waals surface area contributed by atoms with Crippen LogP contribution in [0.25, 0.3) is 0 Å². The molecule has 0 aliphatic heterocycles. The summed E-state index contributed by atoms with van der Waals surface area (Å²) in [5, 5.41) is 19.3. The van der Waals surface area contributed by atoms with E-state index in [-0.39, 0.29) is 12.8 Å². The molecule has 0 saturated heterocycles. The lowest BCUT2D eigenvalue weighted by molar-refractivity contribution is -0.153. The molecule has 0 amide bonds. The van der Waals surface area contributed by atoms with Gasteiger partial charge in [-0.05, 0) is 70.6 Å². The highest BCUT2D eigenvalue weighted by Crippen LogP contribution is 2.43. The standard InChI is InChI=1S/C53H99O10P/c1-3-5-7-9-11-13-15-17-19-21-23-24-25-26-27-29-31-33-35-37-39-41-43-45-53(57)63-51(47-55)49-61-64(58,59)60-48-50(46-54)62-52(56)44-42-40-38-36-34-32-30-28-22-20-18-16-14-12-10-8-6-4-2/h14,16,20-23,50-51,54-55H,3-13,15,17-19,24-49H2,1-2H3,(H,58,59)/b16-14-,22-20-,23-21-. The molecule has 64 heavy (non-hydrogen) atoms. The number of phosphoric acid groups is 1. The summed E-state index contributed by atoms with van der Waals surface area (Å²) < 4.78 is 32.7. The van der Waals surface area contributed by atoms with E-state index in [0.29, 0.717) is 12.8 Å². The number of hydrogen-bond acceptors (Lipinski definition) is 9. The zero-order valence-electron chi connectivity index (χ0n) is 41.3. The SMILES string of the molecule is CCCCCC/C=C\C/C=C\CCCCCCCCCC(=O)OC(CO)COP(=O)(O)OCC(CO)OC(=O)CCCCCCCCCCCCC/C=C\CCCCCCCCCC. The highest BCUT2D eigenvalue weighted by atomic mass is 31.2. The van der Waals surface area contributed by atoms with Crippen LogP contribution in [0.5, 0.6) is 0 Å². The van der Waals surface area contributed by atoms with Gasteiger partial charge in [0.2, 0.25) is 0 Å². The molecular formula is C53H99O10P. The van der Waals surface area contributed by atoms with Crippen molar-refractivity contribution in [3.05, 3.63) is 36.5 Å². The number of carbonyl (C=O) groups excluding carboxylic acids is 2. The molecule has 0 aliphatic rings. The lowest BCUT2D eigenvalue weighted by Crippen LogP contribution is -2.28. The molecule has 0 heterocycles. The van der Waals surface area contributed by atoms with Gasteiger partial charge in [-0.3, -0.25) is 18.6 Å². The van der Waals surface area contributed by atoms with Crippen LogP contribution in [-0.2, 0) is 32.7 Å². The molecule has 0 spiro atoms. The molecule has 0 radical (unpaired) electrons. The fraction of sp³-hybridized carbons (Fsp3) is 0.849. The summed E-state index contributed by atoms with van der Waals surface area (Å²) in [5.41, 5.74) is 0. The van der Waals surface area contributed by atoms with Gasteiger partial charge in [-0.2, -0.15) is 0 Å². The highest BCUT2D eigenvalue weighted by Gasteiger charge is 2.27. The molecule has 0 aromatic carbocycles. The van der Waals surface area contributed by atoms with Gasteiger partial charge in [0.05, 0.1) is 26.4 Å². The molecule has 0 saturated carbocycles. The molecule has 0 aromatic rings. The van der Waals surface area contributed by atoms with Crippen LogP contribution in [0.4, 0.5) is 0 Å². The first-order valence-electron chi connectivity index (χ1n) is 26.4. The number of esters is 2. The molecule has 3 unspecified atom stereocenters. The van der Waals surface area contributed by atoms with E-state index in [9.17, 15) is 29.3 Å². The third-order valence-electron chi connectivity index (χ3n) is 11.6. The van der Waals surface area contributed by atoms with E-state index in [0.717, 1.165) is 51.4 Å². The van der Waals surface area contributed by atoms with E-state index in [2.05, 4.69) is 50.3 Å². The summed E-state index contributed by atoms with van der Waals surface area (Å²) in [5.74, 6) is -1.02. The molecule has 0 aliphatic carbocycles. The van der Waals surface area contributed by atoms with Gasteiger partial charge in [-0.1, -0.05) is 204 Å². The Bertz CT molecular complexity index is 1160. The predicted octanol–water partition coefficient (Wildman–Crippen LogP) is 15.1. The number of unbranched alkanes of at least 4 members (excludes halogenated alkanes) is 30. The van der Waals surface area contributed by atoms with Crippen molar-refractivity contribution in [3.63, 3.8) is 0 Å². The van der Waals surface area contributed by atoms with Crippen LogP contribution in [-0.4, -0.2) is 65.7 Å². The molecule has 376 valence electrons. The zero-order chi connectivity index (χ0) is 46.9. The molecular weight excluding hydrogens is 828 g/mol. The van der Waals surface area contributed by atoms with Crippen molar-refractivity contribution in [1.29, 1.82) is 0 Å². The Morgan fingerprint density at radius 1 is 0.422 bits per heavy atom. The lowest BCUT2D eigenvalue weighted by atomic mass is 10.0. The smallest absolute Gasteiger partial charge is 0.457 e. The maximum Gasteiger partial charge on any atom is 0.472 e. The number of rotatable bonds is 50. The van der Waals surface area contributed by atoms with Gasteiger partial charge < -0.3 is 24.6 Å².